The topological polar surface area (TPSA) is 43.6 Å². The molecule has 0 radical (unpaired) electrons. The fourth-order valence-corrected chi connectivity index (χ4v) is 10.0. The lowest BCUT2D eigenvalue weighted by atomic mass is 10.0. The van der Waals surface area contributed by atoms with Gasteiger partial charge >= 0.3 is 0 Å². The second kappa shape index (κ2) is 11.2. The fraction of sp³-hybridized carbons (Fsp3) is 0. The Morgan fingerprint density at radius 1 is 0.373 bits per heavy atom. The van der Waals surface area contributed by atoms with E-state index in [-0.39, 0.29) is 0 Å². The van der Waals surface area contributed by atoms with E-state index >= 15 is 0 Å². The zero-order valence-corrected chi connectivity index (χ0v) is 28.7. The number of fused-ring (bicyclic) bond motifs is 10. The molecular weight excluding hydrogens is 661 g/mol. The van der Waals surface area contributed by atoms with E-state index in [9.17, 15) is 0 Å². The van der Waals surface area contributed by atoms with Crippen molar-refractivity contribution in [2.75, 3.05) is 0 Å². The van der Waals surface area contributed by atoms with Crippen molar-refractivity contribution in [2.24, 2.45) is 0 Å². The monoisotopic (exact) mass is 686 g/mol. The number of hydrogen-bond donors (Lipinski definition) is 0. The lowest BCUT2D eigenvalue weighted by Crippen LogP contribution is -2.00. The molecule has 0 atom stereocenters. The first-order chi connectivity index (χ1) is 25.3. The number of benzene rings is 7. The van der Waals surface area contributed by atoms with E-state index in [1.807, 2.05) is 59.1 Å². The lowest BCUT2D eigenvalue weighted by Gasteiger charge is -2.11. The van der Waals surface area contributed by atoms with Crippen molar-refractivity contribution in [2.45, 2.75) is 0 Å². The Bertz CT molecular complexity index is 3030. The van der Waals surface area contributed by atoms with Gasteiger partial charge in [0.1, 0.15) is 0 Å². The van der Waals surface area contributed by atoms with Crippen LogP contribution in [0.5, 0.6) is 0 Å². The molecule has 0 spiro atoms. The summed E-state index contributed by atoms with van der Waals surface area (Å²) in [6, 6.07) is 55.8. The van der Waals surface area contributed by atoms with E-state index in [0.717, 1.165) is 16.7 Å². The Balaban J connectivity index is 1.21. The third-order valence-corrected chi connectivity index (χ3v) is 12.2. The van der Waals surface area contributed by atoms with Crippen molar-refractivity contribution in [3.05, 3.63) is 158 Å². The molecule has 0 unspecified atom stereocenters. The maximum absolute atomic E-state index is 5.11. The Morgan fingerprint density at radius 3 is 1.57 bits per heavy atom. The highest BCUT2D eigenvalue weighted by atomic mass is 32.1. The zero-order chi connectivity index (χ0) is 33.5. The Kier molecular flexibility index (Phi) is 6.26. The van der Waals surface area contributed by atoms with Crippen LogP contribution in [0.3, 0.4) is 0 Å². The summed E-state index contributed by atoms with van der Waals surface area (Å²) in [6.45, 7) is 0. The summed E-state index contributed by atoms with van der Waals surface area (Å²) in [5, 5.41) is 7.63. The maximum Gasteiger partial charge on any atom is 0.165 e. The standard InChI is InChI=1S/C45H26N4S2/c1-3-13-27(14-4-1)43-46-44(28-15-5-2-6-16-28)48-45(47-43)32-20-11-19-31-39-37(51-42(31)32)25-26-38-41(39)40-35(23-12-24-36(40)50-38)49-33-21-9-7-17-29(33)30-18-8-10-22-34(30)49/h1-26H. The van der Waals surface area contributed by atoms with Gasteiger partial charge in [-0.15, -0.1) is 22.7 Å². The van der Waals surface area contributed by atoms with Gasteiger partial charge in [-0.1, -0.05) is 115 Å². The largest absolute Gasteiger partial charge is 0.309 e. The zero-order valence-electron chi connectivity index (χ0n) is 27.1. The third kappa shape index (κ3) is 4.34. The molecule has 4 nitrogen and oxygen atoms in total. The molecule has 0 aliphatic rings. The highest BCUT2D eigenvalue weighted by Crippen LogP contribution is 2.48. The fourth-order valence-electron chi connectivity index (χ4n) is 7.65. The van der Waals surface area contributed by atoms with Crippen molar-refractivity contribution >= 4 is 84.8 Å². The molecule has 51 heavy (non-hydrogen) atoms. The lowest BCUT2D eigenvalue weighted by molar-refractivity contribution is 1.08. The van der Waals surface area contributed by atoms with Gasteiger partial charge < -0.3 is 4.57 Å². The molecule has 11 rings (SSSR count). The minimum atomic E-state index is 0.666. The number of hydrogen-bond acceptors (Lipinski definition) is 5. The van der Waals surface area contributed by atoms with Crippen LogP contribution in [0.15, 0.2) is 158 Å². The molecular formula is C45H26N4S2. The number of thiophene rings is 2. The molecule has 0 saturated carbocycles. The van der Waals surface area contributed by atoms with E-state index in [1.54, 1.807) is 0 Å². The van der Waals surface area contributed by atoms with Crippen molar-refractivity contribution in [3.8, 4) is 39.9 Å². The summed E-state index contributed by atoms with van der Waals surface area (Å²) < 4.78 is 7.46. The van der Waals surface area contributed by atoms with Crippen LogP contribution in [0.4, 0.5) is 0 Å². The molecule has 0 N–H and O–H groups in total. The number of para-hydroxylation sites is 2. The van der Waals surface area contributed by atoms with Crippen LogP contribution in [0.2, 0.25) is 0 Å². The maximum atomic E-state index is 5.11. The second-order valence-corrected chi connectivity index (χ2v) is 14.9. The van der Waals surface area contributed by atoms with E-state index in [4.69, 9.17) is 15.0 Å². The van der Waals surface area contributed by atoms with Crippen LogP contribution >= 0.6 is 22.7 Å². The molecule has 0 saturated heterocycles. The quantitative estimate of drug-likeness (QED) is 0.185. The SMILES string of the molecule is c1ccc(-c2nc(-c3ccccc3)nc(-c3cccc4c3sc3ccc5sc6cccc(-n7c8ccccc8c8ccccc87)c6c5c34)n2)cc1. The van der Waals surface area contributed by atoms with Gasteiger partial charge in [0.25, 0.3) is 0 Å². The summed E-state index contributed by atoms with van der Waals surface area (Å²) in [5.74, 6) is 2.01. The van der Waals surface area contributed by atoms with Gasteiger partial charge in [0.05, 0.1) is 16.7 Å². The second-order valence-electron chi connectivity index (χ2n) is 12.8. The number of nitrogens with zero attached hydrogens (tertiary/aromatic N) is 4. The van der Waals surface area contributed by atoms with E-state index < -0.39 is 0 Å². The predicted molar refractivity (Wildman–Crippen MR) is 216 cm³/mol. The Morgan fingerprint density at radius 2 is 0.902 bits per heavy atom. The van der Waals surface area contributed by atoms with Gasteiger partial charge in [-0.2, -0.15) is 0 Å². The average molecular weight is 687 g/mol. The molecule has 0 bridgehead atoms. The molecule has 0 fully saturated rings. The van der Waals surface area contributed by atoms with Gasteiger partial charge in [0.15, 0.2) is 17.5 Å². The minimum absolute atomic E-state index is 0.666. The van der Waals surface area contributed by atoms with Crippen LogP contribution in [0.25, 0.3) is 102 Å². The van der Waals surface area contributed by atoms with Crippen molar-refractivity contribution in [1.82, 2.24) is 19.5 Å². The summed E-state index contributed by atoms with van der Waals surface area (Å²) in [7, 11) is 0. The normalized spacial score (nSPS) is 11.9. The van der Waals surface area contributed by atoms with Gasteiger partial charge in [0.2, 0.25) is 0 Å². The van der Waals surface area contributed by atoms with Crippen molar-refractivity contribution < 1.29 is 0 Å². The van der Waals surface area contributed by atoms with E-state index in [0.29, 0.717) is 17.5 Å². The van der Waals surface area contributed by atoms with E-state index in [1.165, 1.54) is 67.8 Å². The smallest absolute Gasteiger partial charge is 0.165 e. The molecule has 7 aromatic carbocycles. The molecule has 11 aromatic rings. The van der Waals surface area contributed by atoms with Crippen LogP contribution in [0, 0.1) is 0 Å². The van der Waals surface area contributed by atoms with Crippen LogP contribution in [-0.4, -0.2) is 19.5 Å². The minimum Gasteiger partial charge on any atom is -0.309 e. The first-order valence-corrected chi connectivity index (χ1v) is 18.6. The summed E-state index contributed by atoms with van der Waals surface area (Å²) in [4.78, 5) is 15.2. The van der Waals surface area contributed by atoms with Crippen LogP contribution in [-0.2, 0) is 0 Å². The summed E-state index contributed by atoms with van der Waals surface area (Å²) in [6.07, 6.45) is 0. The van der Waals surface area contributed by atoms with Gasteiger partial charge in [-0.25, -0.2) is 15.0 Å². The molecule has 0 aliphatic carbocycles. The Hall–Kier alpha value is -6.21. The highest BCUT2D eigenvalue weighted by molar-refractivity contribution is 7.28. The summed E-state index contributed by atoms with van der Waals surface area (Å²) in [5.41, 5.74) is 6.58. The van der Waals surface area contributed by atoms with Crippen molar-refractivity contribution in [3.63, 3.8) is 0 Å². The molecule has 0 amide bonds. The predicted octanol–water partition coefficient (Wildman–Crippen LogP) is 12.7. The average Bonchev–Trinajstić information content (AvgIpc) is 3.88. The molecule has 4 aromatic heterocycles. The third-order valence-electron chi connectivity index (χ3n) is 9.86. The van der Waals surface area contributed by atoms with Gasteiger partial charge in [-0.05, 0) is 42.5 Å². The Labute approximate surface area is 300 Å². The first-order valence-electron chi connectivity index (χ1n) is 17.0. The van der Waals surface area contributed by atoms with Crippen molar-refractivity contribution in [1.29, 1.82) is 0 Å². The van der Waals surface area contributed by atoms with Gasteiger partial charge in [-0.3, -0.25) is 0 Å². The molecule has 4 heterocycles. The summed E-state index contributed by atoms with van der Waals surface area (Å²) >= 11 is 3.69. The molecule has 0 aliphatic heterocycles. The van der Waals surface area contributed by atoms with Crippen LogP contribution < -0.4 is 0 Å². The van der Waals surface area contributed by atoms with Crippen LogP contribution in [0.1, 0.15) is 0 Å². The molecule has 238 valence electrons. The number of aromatic nitrogens is 4. The highest BCUT2D eigenvalue weighted by Gasteiger charge is 2.22. The first kappa shape index (κ1) is 28.6. The molecule has 6 heteroatoms. The van der Waals surface area contributed by atoms with Gasteiger partial charge in [0, 0.05) is 67.8 Å². The van der Waals surface area contributed by atoms with E-state index in [2.05, 4.69) is 126 Å². The number of rotatable bonds is 4.